The van der Waals surface area contributed by atoms with Gasteiger partial charge in [-0.3, -0.25) is 14.3 Å². The fraction of sp³-hybridized carbons (Fsp3) is 0.400. The van der Waals surface area contributed by atoms with Crippen LogP contribution < -0.4 is 15.4 Å². The number of hydrogen-bond acceptors (Lipinski definition) is 5. The lowest BCUT2D eigenvalue weighted by Gasteiger charge is -2.21. The van der Waals surface area contributed by atoms with Crippen molar-refractivity contribution in [1.29, 1.82) is 5.26 Å². The van der Waals surface area contributed by atoms with Crippen LogP contribution in [0.5, 0.6) is 5.75 Å². The molecule has 8 nitrogen and oxygen atoms in total. The molecule has 0 radical (unpaired) electrons. The van der Waals surface area contributed by atoms with Crippen LogP contribution >= 0.6 is 11.6 Å². The minimum Gasteiger partial charge on any atom is -0.404 e. The first kappa shape index (κ1) is 26.1. The third-order valence-corrected chi connectivity index (χ3v) is 5.31. The van der Waals surface area contributed by atoms with Crippen molar-refractivity contribution >= 4 is 23.4 Å². The quantitative estimate of drug-likeness (QED) is 0.540. The highest BCUT2D eigenvalue weighted by atomic mass is 35.5. The topological polar surface area (TPSA) is 109 Å². The third kappa shape index (κ3) is 6.56. The number of rotatable bonds is 7. The average Bonchev–Trinajstić information content (AvgIpc) is 3.38. The number of ether oxygens (including phenoxy) is 1. The summed E-state index contributed by atoms with van der Waals surface area (Å²) in [6.07, 6.45) is -9.39. The lowest BCUT2D eigenvalue weighted by Crippen LogP contribution is -2.51. The van der Waals surface area contributed by atoms with Crippen LogP contribution in [0.2, 0.25) is 5.02 Å². The predicted octanol–water partition coefficient (Wildman–Crippen LogP) is 3.50. The largest absolute Gasteiger partial charge is 0.573 e. The number of hydrogen-bond donors (Lipinski definition) is 2. The highest BCUT2D eigenvalue weighted by Crippen LogP contribution is 2.35. The van der Waals surface area contributed by atoms with Gasteiger partial charge in [0, 0.05) is 19.5 Å². The molecule has 1 aromatic heterocycles. The SMILES string of the molecule is Cn1nc(C(F)(F)F)cc1C(=O)NC(Cc1ccc(OC(F)(F)F)c(Cl)c1)C(=O)NC1(C#N)CC1. The van der Waals surface area contributed by atoms with Gasteiger partial charge in [-0.05, 0) is 30.5 Å². The molecule has 2 N–H and O–H groups in total. The standard InChI is InChI=1S/C20H16ClF6N5O3/c1-32-13(8-15(31-32)19(22,23)24)17(34)29-12(16(33)30-18(9-28)4-5-18)7-10-2-3-14(11(21)6-10)35-20(25,26)27/h2-3,6,8,12H,4-5,7H2,1H3,(H,29,34)(H,30,33). The third-order valence-electron chi connectivity index (χ3n) is 5.01. The maximum absolute atomic E-state index is 12.9. The molecule has 1 unspecified atom stereocenters. The molecule has 0 aliphatic heterocycles. The highest BCUT2D eigenvalue weighted by Gasteiger charge is 2.46. The Morgan fingerprint density at radius 3 is 2.40 bits per heavy atom. The number of nitrogens with one attached hydrogen (secondary N) is 2. The van der Waals surface area contributed by atoms with E-state index in [9.17, 15) is 41.2 Å². The Labute approximate surface area is 198 Å². The number of nitrogens with zero attached hydrogens (tertiary/aromatic N) is 3. The van der Waals surface area contributed by atoms with Crippen LogP contribution in [-0.2, 0) is 24.4 Å². The Bertz CT molecular complexity index is 1180. The second-order valence-corrected chi connectivity index (χ2v) is 8.17. The van der Waals surface area contributed by atoms with Crippen molar-refractivity contribution in [3.63, 3.8) is 0 Å². The van der Waals surface area contributed by atoms with Crippen molar-refractivity contribution in [2.75, 3.05) is 0 Å². The first-order chi connectivity index (χ1) is 16.1. The fourth-order valence-corrected chi connectivity index (χ4v) is 3.33. The summed E-state index contributed by atoms with van der Waals surface area (Å²) in [5.74, 6) is -2.58. The summed E-state index contributed by atoms with van der Waals surface area (Å²) in [7, 11) is 1.10. The van der Waals surface area contributed by atoms with Gasteiger partial charge >= 0.3 is 12.5 Å². The van der Waals surface area contributed by atoms with Gasteiger partial charge in [-0.25, -0.2) is 0 Å². The van der Waals surface area contributed by atoms with Crippen molar-refractivity contribution in [1.82, 2.24) is 20.4 Å². The molecule has 2 aromatic rings. The lowest BCUT2D eigenvalue weighted by atomic mass is 10.0. The Hall–Kier alpha value is -3.47. The number of aromatic nitrogens is 2. The van der Waals surface area contributed by atoms with Gasteiger partial charge < -0.3 is 15.4 Å². The first-order valence-corrected chi connectivity index (χ1v) is 10.2. The van der Waals surface area contributed by atoms with Gasteiger partial charge in [-0.1, -0.05) is 17.7 Å². The highest BCUT2D eigenvalue weighted by molar-refractivity contribution is 6.32. The number of carbonyl (C=O) groups excluding carboxylic acids is 2. The average molecular weight is 524 g/mol. The number of nitriles is 1. The Morgan fingerprint density at radius 2 is 1.91 bits per heavy atom. The molecule has 1 aromatic carbocycles. The maximum atomic E-state index is 12.9. The molecule has 3 rings (SSSR count). The first-order valence-electron chi connectivity index (χ1n) is 9.82. The molecular formula is C20H16ClF6N5O3. The van der Waals surface area contributed by atoms with Crippen LogP contribution in [0.1, 0.15) is 34.6 Å². The van der Waals surface area contributed by atoms with E-state index in [0.717, 1.165) is 19.2 Å². The van der Waals surface area contributed by atoms with E-state index in [1.165, 1.54) is 6.07 Å². The molecule has 0 saturated heterocycles. The second-order valence-electron chi connectivity index (χ2n) is 7.76. The molecule has 1 fully saturated rings. The zero-order valence-corrected chi connectivity index (χ0v) is 18.5. The van der Waals surface area contributed by atoms with E-state index in [-0.39, 0.29) is 12.0 Å². The molecule has 1 atom stereocenters. The van der Waals surface area contributed by atoms with E-state index >= 15 is 0 Å². The second kappa shape index (κ2) is 9.29. The smallest absolute Gasteiger partial charge is 0.404 e. The molecule has 1 heterocycles. The van der Waals surface area contributed by atoms with Crippen LogP contribution in [-0.4, -0.2) is 39.5 Å². The molecule has 0 bridgehead atoms. The number of aryl methyl sites for hydroxylation is 1. The summed E-state index contributed by atoms with van der Waals surface area (Å²) in [4.78, 5) is 25.5. The van der Waals surface area contributed by atoms with Crippen LogP contribution in [0.25, 0.3) is 0 Å². The molecule has 0 spiro atoms. The molecule has 2 amide bonds. The van der Waals surface area contributed by atoms with E-state index in [0.29, 0.717) is 23.6 Å². The van der Waals surface area contributed by atoms with E-state index in [1.807, 2.05) is 6.07 Å². The number of amides is 2. The Balaban J connectivity index is 1.84. The number of carbonyl (C=O) groups is 2. The van der Waals surface area contributed by atoms with Gasteiger partial charge in [0.15, 0.2) is 5.69 Å². The van der Waals surface area contributed by atoms with Crippen LogP contribution in [0.3, 0.4) is 0 Å². The van der Waals surface area contributed by atoms with Gasteiger partial charge in [0.2, 0.25) is 5.91 Å². The minimum absolute atomic E-state index is 0.202. The maximum Gasteiger partial charge on any atom is 0.573 e. The zero-order valence-electron chi connectivity index (χ0n) is 17.7. The molecule has 188 valence electrons. The Morgan fingerprint density at radius 1 is 1.26 bits per heavy atom. The normalized spacial score (nSPS) is 15.6. The summed E-state index contributed by atoms with van der Waals surface area (Å²) in [5, 5.41) is 16.8. The summed E-state index contributed by atoms with van der Waals surface area (Å²) in [6, 6.07) is 4.18. The van der Waals surface area contributed by atoms with E-state index in [2.05, 4.69) is 20.5 Å². The molecule has 1 aliphatic rings. The van der Waals surface area contributed by atoms with Gasteiger partial charge in [-0.15, -0.1) is 13.2 Å². The van der Waals surface area contributed by atoms with Gasteiger partial charge in [-0.2, -0.15) is 23.5 Å². The molecular weight excluding hydrogens is 508 g/mol. The van der Waals surface area contributed by atoms with Crippen molar-refractivity contribution in [2.45, 2.75) is 43.4 Å². The van der Waals surface area contributed by atoms with Gasteiger partial charge in [0.25, 0.3) is 5.91 Å². The predicted molar refractivity (Wildman–Crippen MR) is 107 cm³/mol. The number of halogens is 7. The van der Waals surface area contributed by atoms with Crippen molar-refractivity contribution in [3.05, 3.63) is 46.2 Å². The van der Waals surface area contributed by atoms with Crippen molar-refractivity contribution < 1.29 is 40.7 Å². The van der Waals surface area contributed by atoms with Crippen LogP contribution in [0.4, 0.5) is 26.3 Å². The van der Waals surface area contributed by atoms with E-state index < -0.39 is 58.1 Å². The van der Waals surface area contributed by atoms with Gasteiger partial charge in [0.1, 0.15) is 23.0 Å². The lowest BCUT2D eigenvalue weighted by molar-refractivity contribution is -0.274. The van der Waals surface area contributed by atoms with Crippen molar-refractivity contribution in [2.24, 2.45) is 7.05 Å². The van der Waals surface area contributed by atoms with Gasteiger partial charge in [0.05, 0.1) is 11.1 Å². The zero-order chi connectivity index (χ0) is 26.2. The minimum atomic E-state index is -4.99. The number of alkyl halides is 6. The molecule has 35 heavy (non-hydrogen) atoms. The van der Waals surface area contributed by atoms with Crippen LogP contribution in [0, 0.1) is 11.3 Å². The summed E-state index contributed by atoms with van der Waals surface area (Å²) in [5.41, 5.74) is -2.74. The van der Waals surface area contributed by atoms with E-state index in [4.69, 9.17) is 11.6 Å². The molecule has 1 saturated carbocycles. The van der Waals surface area contributed by atoms with Crippen molar-refractivity contribution in [3.8, 4) is 11.8 Å². The summed E-state index contributed by atoms with van der Waals surface area (Å²) < 4.78 is 80.6. The summed E-state index contributed by atoms with van der Waals surface area (Å²) >= 11 is 5.83. The van der Waals surface area contributed by atoms with Crippen LogP contribution in [0.15, 0.2) is 24.3 Å². The fourth-order valence-electron chi connectivity index (χ4n) is 3.09. The number of benzene rings is 1. The Kier molecular flexibility index (Phi) is 6.94. The van der Waals surface area contributed by atoms with E-state index in [1.54, 1.807) is 0 Å². The molecule has 1 aliphatic carbocycles. The molecule has 15 heteroatoms. The summed E-state index contributed by atoms with van der Waals surface area (Å²) in [6.45, 7) is 0. The monoisotopic (exact) mass is 523 g/mol.